The first-order chi connectivity index (χ1) is 38.5. The van der Waals surface area contributed by atoms with E-state index >= 15 is 0 Å². The van der Waals surface area contributed by atoms with Gasteiger partial charge in [-0.3, -0.25) is 0 Å². The maximum absolute atomic E-state index is 3.65. The second-order valence-electron chi connectivity index (χ2n) is 22.0. The van der Waals surface area contributed by atoms with E-state index in [1.165, 1.54) is 202 Å². The number of thiophene rings is 2. The highest BCUT2D eigenvalue weighted by atomic mass is 32.1. The van der Waals surface area contributed by atoms with Crippen LogP contribution in [0.15, 0.2) is 109 Å². The number of hydrogen-bond acceptors (Lipinski definition) is 2. The molecule has 0 radical (unpaired) electrons. The van der Waals surface area contributed by atoms with Gasteiger partial charge >= 0.3 is 0 Å². The summed E-state index contributed by atoms with van der Waals surface area (Å²) < 4.78 is 0. The molecule has 0 aliphatic carbocycles. The molecule has 0 N–H and O–H groups in total. The van der Waals surface area contributed by atoms with Crippen LogP contribution >= 0.6 is 22.7 Å². The van der Waals surface area contributed by atoms with E-state index < -0.39 is 0 Å². The molecule has 6 rings (SSSR count). The molecule has 2 heteroatoms. The molecule has 2 heterocycles. The molecular formula is C76H94S2. The van der Waals surface area contributed by atoms with Gasteiger partial charge in [0.05, 0.1) is 19.5 Å². The van der Waals surface area contributed by atoms with Crippen LogP contribution in [0.5, 0.6) is 0 Å². The van der Waals surface area contributed by atoms with Gasteiger partial charge in [0, 0.05) is 33.4 Å². The van der Waals surface area contributed by atoms with Crippen molar-refractivity contribution in [3.63, 3.8) is 0 Å². The number of benzene rings is 4. The molecule has 0 spiro atoms. The number of unbranched alkanes of at least 4 members (excludes halogenated alkanes) is 24. The minimum absolute atomic E-state index is 0.983. The first kappa shape index (κ1) is 61.7. The van der Waals surface area contributed by atoms with Gasteiger partial charge in [0.1, 0.15) is 0 Å². The van der Waals surface area contributed by atoms with Gasteiger partial charge in [0.25, 0.3) is 0 Å². The maximum atomic E-state index is 3.65. The van der Waals surface area contributed by atoms with Gasteiger partial charge in [0.15, 0.2) is 0 Å². The molecule has 0 bridgehead atoms. The summed E-state index contributed by atoms with van der Waals surface area (Å²) in [4.78, 5) is 4.21. The van der Waals surface area contributed by atoms with Gasteiger partial charge in [-0.15, -0.1) is 22.7 Å². The fourth-order valence-electron chi connectivity index (χ4n) is 10.1. The van der Waals surface area contributed by atoms with Crippen molar-refractivity contribution in [2.75, 3.05) is 0 Å². The Morgan fingerprint density at radius 1 is 0.244 bits per heavy atom. The molecule has 0 aliphatic heterocycles. The molecule has 2 aromatic heterocycles. The van der Waals surface area contributed by atoms with Gasteiger partial charge in [-0.2, -0.15) is 0 Å². The van der Waals surface area contributed by atoms with Crippen molar-refractivity contribution in [1.29, 1.82) is 0 Å². The smallest absolute Gasteiger partial charge is 0.0792 e. The Morgan fingerprint density at radius 2 is 0.462 bits per heavy atom. The van der Waals surface area contributed by atoms with E-state index in [9.17, 15) is 0 Å². The van der Waals surface area contributed by atoms with Crippen LogP contribution in [0.1, 0.15) is 273 Å². The van der Waals surface area contributed by atoms with E-state index in [4.69, 9.17) is 0 Å². The lowest BCUT2D eigenvalue weighted by atomic mass is 10.0. The van der Waals surface area contributed by atoms with E-state index in [2.05, 4.69) is 184 Å². The van der Waals surface area contributed by atoms with Crippen LogP contribution in [-0.2, 0) is 25.7 Å². The van der Waals surface area contributed by atoms with Crippen molar-refractivity contribution >= 4 is 22.7 Å². The van der Waals surface area contributed by atoms with Crippen molar-refractivity contribution in [3.8, 4) is 57.1 Å². The Balaban J connectivity index is 1.26. The molecule has 0 amide bonds. The van der Waals surface area contributed by atoms with E-state index in [0.29, 0.717) is 0 Å². The first-order valence-corrected chi connectivity index (χ1v) is 32.9. The highest BCUT2D eigenvalue weighted by Crippen LogP contribution is 2.40. The molecule has 78 heavy (non-hydrogen) atoms. The SMILES string of the molecule is CCCCCCCCCc1ccc(C#Cc2cc(C#Cc3ccc(CCCCCCCCC)cc3)c(-c3sc(C#Cc4ccc(CCCCCCCCC)cc4)cc3C#Cc3ccc(CCCCCCCCC)cc3)s2)cc1. The Morgan fingerprint density at radius 3 is 0.705 bits per heavy atom. The minimum Gasteiger partial charge on any atom is -0.124 e. The first-order valence-electron chi connectivity index (χ1n) is 31.2. The third-order valence-electron chi connectivity index (χ3n) is 15.1. The second kappa shape index (κ2) is 38.2. The van der Waals surface area contributed by atoms with Crippen LogP contribution in [0, 0.1) is 47.4 Å². The lowest BCUT2D eigenvalue weighted by molar-refractivity contribution is 0.589. The number of hydrogen-bond donors (Lipinski definition) is 0. The van der Waals surface area contributed by atoms with Gasteiger partial charge in [-0.25, -0.2) is 0 Å². The van der Waals surface area contributed by atoms with Crippen LogP contribution in [-0.4, -0.2) is 0 Å². The van der Waals surface area contributed by atoms with Gasteiger partial charge in [-0.1, -0.05) is 278 Å². The number of rotatable bonds is 33. The monoisotopic (exact) mass is 1070 g/mol. The summed E-state index contributed by atoms with van der Waals surface area (Å²) in [7, 11) is 0. The average molecular weight is 1070 g/mol. The van der Waals surface area contributed by atoms with Crippen molar-refractivity contribution in [1.82, 2.24) is 0 Å². The summed E-state index contributed by atoms with van der Waals surface area (Å²) in [6.07, 6.45) is 41.7. The summed E-state index contributed by atoms with van der Waals surface area (Å²) in [5.74, 6) is 28.6. The van der Waals surface area contributed by atoms with E-state index in [1.54, 1.807) is 22.7 Å². The van der Waals surface area contributed by atoms with Gasteiger partial charge in [0.2, 0.25) is 0 Å². The largest absolute Gasteiger partial charge is 0.124 e. The summed E-state index contributed by atoms with van der Waals surface area (Å²) in [5.41, 5.74) is 11.7. The molecule has 0 atom stereocenters. The third kappa shape index (κ3) is 24.3. The molecule has 0 saturated heterocycles. The van der Waals surface area contributed by atoms with Crippen LogP contribution in [0.25, 0.3) is 9.75 Å². The lowest BCUT2D eigenvalue weighted by Gasteiger charge is -2.03. The zero-order valence-corrected chi connectivity index (χ0v) is 50.5. The molecule has 0 unspecified atom stereocenters. The van der Waals surface area contributed by atoms with Gasteiger partial charge in [-0.05, 0) is 134 Å². The molecule has 0 fully saturated rings. The highest BCUT2D eigenvalue weighted by molar-refractivity contribution is 7.23. The predicted octanol–water partition coefficient (Wildman–Crippen LogP) is 22.2. The normalized spacial score (nSPS) is 10.8. The zero-order chi connectivity index (χ0) is 54.5. The van der Waals surface area contributed by atoms with Crippen molar-refractivity contribution in [2.24, 2.45) is 0 Å². The van der Waals surface area contributed by atoms with Crippen molar-refractivity contribution in [3.05, 3.63) is 175 Å². The maximum Gasteiger partial charge on any atom is 0.0792 e. The third-order valence-corrected chi connectivity index (χ3v) is 17.4. The van der Waals surface area contributed by atoms with Crippen LogP contribution in [0.2, 0.25) is 0 Å². The van der Waals surface area contributed by atoms with Crippen molar-refractivity contribution < 1.29 is 0 Å². The molecule has 410 valence electrons. The highest BCUT2D eigenvalue weighted by Gasteiger charge is 2.17. The van der Waals surface area contributed by atoms with E-state index in [1.807, 2.05) is 0 Å². The number of aryl methyl sites for hydroxylation is 4. The lowest BCUT2D eigenvalue weighted by Crippen LogP contribution is -1.87. The Bertz CT molecular complexity index is 2640. The summed E-state index contributed by atoms with van der Waals surface area (Å²) in [6.45, 7) is 9.15. The molecule has 4 aromatic carbocycles. The average Bonchev–Trinajstić information content (AvgIpc) is 4.13. The molecule has 0 saturated carbocycles. The van der Waals surface area contributed by atoms with E-state index in [0.717, 1.165) is 78.6 Å². The Labute approximate surface area is 484 Å². The zero-order valence-electron chi connectivity index (χ0n) is 48.8. The summed E-state index contributed by atoms with van der Waals surface area (Å²) >= 11 is 3.45. The van der Waals surface area contributed by atoms with Crippen molar-refractivity contribution in [2.45, 2.75) is 233 Å². The molecule has 0 nitrogen and oxygen atoms in total. The minimum atomic E-state index is 0.983. The topological polar surface area (TPSA) is 0 Å². The Hall–Kier alpha value is -5.48. The second-order valence-corrected chi connectivity index (χ2v) is 24.1. The fourth-order valence-corrected chi connectivity index (χ4v) is 12.2. The van der Waals surface area contributed by atoms with Crippen LogP contribution in [0.4, 0.5) is 0 Å². The Kier molecular flexibility index (Phi) is 30.2. The summed E-state index contributed by atoms with van der Waals surface area (Å²) in [5, 5.41) is 0. The molecule has 6 aromatic rings. The molecular weight excluding hydrogens is 977 g/mol. The fraction of sp³-hybridized carbons (Fsp3) is 0.474. The van der Waals surface area contributed by atoms with Crippen LogP contribution in [0.3, 0.4) is 0 Å². The quantitative estimate of drug-likeness (QED) is 0.0285. The predicted molar refractivity (Wildman–Crippen MR) is 344 cm³/mol. The van der Waals surface area contributed by atoms with Gasteiger partial charge < -0.3 is 0 Å². The standard InChI is InChI=1S/C76H94S2/c1-5-9-13-17-21-25-29-33-63-37-45-67(46-38-63)53-57-71-61-73(59-55-69-49-41-65(42-50-69)35-31-27-23-19-15-11-7-3)77-75(71)76-72(58-54-68-47-39-64(40-48-68)34-30-26-22-18-14-10-6-2)62-74(78-76)60-56-70-51-43-66(44-52-70)36-32-28-24-20-16-12-8-4/h37-52,61-62H,5-36H2,1-4H3. The van der Waals surface area contributed by atoms with E-state index in [-0.39, 0.29) is 0 Å². The summed E-state index contributed by atoms with van der Waals surface area (Å²) in [6, 6.07) is 40.2. The molecule has 0 aliphatic rings. The van der Waals surface area contributed by atoms with Crippen LogP contribution < -0.4 is 0 Å².